The van der Waals surface area contributed by atoms with E-state index in [4.69, 9.17) is 4.74 Å². The molecule has 0 aliphatic heterocycles. The molecule has 4 aromatic heterocycles. The van der Waals surface area contributed by atoms with E-state index in [0.29, 0.717) is 35.8 Å². The zero-order chi connectivity index (χ0) is 18.1. The van der Waals surface area contributed by atoms with Crippen LogP contribution in [-0.4, -0.2) is 42.2 Å². The third-order valence-corrected chi connectivity index (χ3v) is 4.13. The molecule has 0 radical (unpaired) electrons. The highest BCUT2D eigenvalue weighted by Gasteiger charge is 2.14. The van der Waals surface area contributed by atoms with E-state index in [-0.39, 0.29) is 0 Å². The number of nitrogens with zero attached hydrogens (tertiary/aromatic N) is 6. The van der Waals surface area contributed by atoms with Gasteiger partial charge in [0.25, 0.3) is 0 Å². The number of esters is 1. The van der Waals surface area contributed by atoms with Gasteiger partial charge in [0, 0.05) is 12.7 Å². The van der Waals surface area contributed by atoms with Crippen LogP contribution in [0.25, 0.3) is 16.8 Å². The molecule has 0 atom stereocenters. The molecule has 132 valence electrons. The first kappa shape index (κ1) is 16.0. The Morgan fingerprint density at radius 3 is 3.00 bits per heavy atom. The average molecular weight is 351 g/mol. The molecule has 0 aliphatic carbocycles. The molecule has 4 rings (SSSR count). The van der Waals surface area contributed by atoms with Gasteiger partial charge in [0.1, 0.15) is 11.8 Å². The fourth-order valence-corrected chi connectivity index (χ4v) is 2.88. The Labute approximate surface area is 148 Å². The summed E-state index contributed by atoms with van der Waals surface area (Å²) in [5, 5.41) is 7.55. The Balaban J connectivity index is 1.67. The summed E-state index contributed by atoms with van der Waals surface area (Å²) in [6.07, 6.45) is 3.03. The van der Waals surface area contributed by atoms with E-state index in [1.807, 2.05) is 29.7 Å². The van der Waals surface area contributed by atoms with E-state index in [0.717, 1.165) is 11.3 Å². The topological polar surface area (TPSA) is 99.2 Å². The van der Waals surface area contributed by atoms with Crippen LogP contribution in [-0.2, 0) is 17.8 Å². The van der Waals surface area contributed by atoms with Gasteiger partial charge in [-0.1, -0.05) is 6.07 Å². The zero-order valence-corrected chi connectivity index (χ0v) is 14.4. The van der Waals surface area contributed by atoms with Gasteiger partial charge in [-0.3, -0.25) is 4.57 Å². The number of ether oxygens (including phenoxy) is 1. The van der Waals surface area contributed by atoms with Crippen molar-refractivity contribution in [3.8, 4) is 0 Å². The largest absolute Gasteiger partial charge is 0.465 e. The first-order valence-electron chi connectivity index (χ1n) is 8.17. The van der Waals surface area contributed by atoms with E-state index in [9.17, 15) is 4.79 Å². The van der Waals surface area contributed by atoms with Gasteiger partial charge in [-0.25, -0.2) is 24.3 Å². The minimum absolute atomic E-state index is 0.375. The molecule has 0 aliphatic rings. The third-order valence-electron chi connectivity index (χ3n) is 4.13. The lowest BCUT2D eigenvalue weighted by Crippen LogP contribution is -2.10. The third kappa shape index (κ3) is 2.63. The number of methoxy groups -OCH3 is 1. The quantitative estimate of drug-likeness (QED) is 0.548. The Hall–Kier alpha value is -3.49. The van der Waals surface area contributed by atoms with Crippen molar-refractivity contribution in [2.75, 3.05) is 12.4 Å². The molecule has 4 heterocycles. The predicted octanol–water partition coefficient (Wildman–Crippen LogP) is 1.89. The summed E-state index contributed by atoms with van der Waals surface area (Å²) in [4.78, 5) is 24.8. The number of hydrogen-bond donors (Lipinski definition) is 1. The fourth-order valence-electron chi connectivity index (χ4n) is 2.88. The zero-order valence-electron chi connectivity index (χ0n) is 14.4. The summed E-state index contributed by atoms with van der Waals surface area (Å²) in [6.45, 7) is 3.23. The van der Waals surface area contributed by atoms with E-state index in [1.165, 1.54) is 19.6 Å². The number of imidazole rings is 1. The van der Waals surface area contributed by atoms with Crippen molar-refractivity contribution in [2.45, 2.75) is 20.0 Å². The van der Waals surface area contributed by atoms with Crippen molar-refractivity contribution in [3.63, 3.8) is 0 Å². The number of carbonyl (C=O) groups is 1. The number of rotatable bonds is 5. The molecule has 0 aromatic carbocycles. The van der Waals surface area contributed by atoms with Gasteiger partial charge in [0.2, 0.25) is 5.95 Å². The summed E-state index contributed by atoms with van der Waals surface area (Å²) >= 11 is 0. The van der Waals surface area contributed by atoms with Crippen LogP contribution in [0.3, 0.4) is 0 Å². The van der Waals surface area contributed by atoms with Gasteiger partial charge in [0.15, 0.2) is 11.3 Å². The van der Waals surface area contributed by atoms with Crippen LogP contribution in [0.4, 0.5) is 5.95 Å². The van der Waals surface area contributed by atoms with E-state index >= 15 is 0 Å². The molecule has 0 saturated heterocycles. The SMILES string of the molecule is CCn1c(NCc2cccc3ncnn23)nc2cc(C(=O)OC)cnc21. The summed E-state index contributed by atoms with van der Waals surface area (Å²) in [6, 6.07) is 7.49. The van der Waals surface area contributed by atoms with Crippen LogP contribution in [0.2, 0.25) is 0 Å². The van der Waals surface area contributed by atoms with Crippen LogP contribution < -0.4 is 5.32 Å². The van der Waals surface area contributed by atoms with E-state index in [1.54, 1.807) is 10.6 Å². The molecule has 9 heteroatoms. The second-order valence-corrected chi connectivity index (χ2v) is 5.64. The predicted molar refractivity (Wildman–Crippen MR) is 94.9 cm³/mol. The lowest BCUT2D eigenvalue weighted by atomic mass is 10.3. The lowest BCUT2D eigenvalue weighted by Gasteiger charge is -2.09. The molecule has 26 heavy (non-hydrogen) atoms. The first-order chi connectivity index (χ1) is 12.7. The fraction of sp³-hybridized carbons (Fsp3) is 0.235. The summed E-state index contributed by atoms with van der Waals surface area (Å²) in [5.41, 5.74) is 3.47. The molecule has 0 saturated carbocycles. The van der Waals surface area contributed by atoms with Crippen LogP contribution in [0.1, 0.15) is 23.0 Å². The van der Waals surface area contributed by atoms with Crippen molar-refractivity contribution in [3.05, 3.63) is 48.0 Å². The maximum absolute atomic E-state index is 11.7. The van der Waals surface area contributed by atoms with Gasteiger partial charge in [0.05, 0.1) is 24.9 Å². The highest BCUT2D eigenvalue weighted by molar-refractivity contribution is 5.92. The summed E-state index contributed by atoms with van der Waals surface area (Å²) in [7, 11) is 1.34. The summed E-state index contributed by atoms with van der Waals surface area (Å²) in [5.74, 6) is 0.243. The van der Waals surface area contributed by atoms with Gasteiger partial charge >= 0.3 is 5.97 Å². The highest BCUT2D eigenvalue weighted by Crippen LogP contribution is 2.20. The van der Waals surface area contributed by atoms with Gasteiger partial charge in [-0.05, 0) is 25.1 Å². The van der Waals surface area contributed by atoms with Crippen LogP contribution in [0, 0.1) is 0 Å². The van der Waals surface area contributed by atoms with Crippen LogP contribution >= 0.6 is 0 Å². The molecule has 0 unspecified atom stereocenters. The normalized spacial score (nSPS) is 11.2. The maximum Gasteiger partial charge on any atom is 0.339 e. The van der Waals surface area contributed by atoms with Crippen LogP contribution in [0.15, 0.2) is 36.8 Å². The molecule has 4 aromatic rings. The Morgan fingerprint density at radius 1 is 1.31 bits per heavy atom. The second kappa shape index (κ2) is 6.43. The van der Waals surface area contributed by atoms with Gasteiger partial charge < -0.3 is 10.1 Å². The van der Waals surface area contributed by atoms with Gasteiger partial charge in [-0.2, -0.15) is 5.10 Å². The van der Waals surface area contributed by atoms with Crippen molar-refractivity contribution in [1.29, 1.82) is 0 Å². The van der Waals surface area contributed by atoms with Gasteiger partial charge in [-0.15, -0.1) is 0 Å². The van der Waals surface area contributed by atoms with E-state index < -0.39 is 5.97 Å². The smallest absolute Gasteiger partial charge is 0.339 e. The second-order valence-electron chi connectivity index (χ2n) is 5.64. The van der Waals surface area contributed by atoms with Crippen molar-refractivity contribution < 1.29 is 9.53 Å². The minimum Gasteiger partial charge on any atom is -0.465 e. The molecule has 0 fully saturated rings. The number of pyridine rings is 2. The van der Waals surface area contributed by atoms with Crippen molar-refractivity contribution in [2.24, 2.45) is 0 Å². The first-order valence-corrected chi connectivity index (χ1v) is 8.17. The molecular weight excluding hydrogens is 334 g/mol. The molecule has 0 spiro atoms. The molecule has 0 amide bonds. The number of carbonyl (C=O) groups excluding carboxylic acids is 1. The van der Waals surface area contributed by atoms with E-state index in [2.05, 4.69) is 25.4 Å². The number of anilines is 1. The number of aryl methyl sites for hydroxylation is 1. The number of hydrogen-bond acceptors (Lipinski definition) is 7. The monoisotopic (exact) mass is 351 g/mol. The standard InChI is InChI=1S/C17H17N7O2/c1-3-23-15-13(7-11(8-18-15)16(25)26-2)22-17(23)19-9-12-5-4-6-14-20-10-21-24(12)14/h4-8,10H,3,9H2,1-2H3,(H,19,22). The molecule has 0 bridgehead atoms. The Morgan fingerprint density at radius 2 is 2.19 bits per heavy atom. The Bertz CT molecular complexity index is 1100. The molecule has 9 nitrogen and oxygen atoms in total. The molecule has 1 N–H and O–H groups in total. The minimum atomic E-state index is -0.433. The Kier molecular flexibility index (Phi) is 3.96. The lowest BCUT2D eigenvalue weighted by molar-refractivity contribution is 0.0600. The van der Waals surface area contributed by atoms with Crippen molar-refractivity contribution >= 4 is 28.7 Å². The number of nitrogens with one attached hydrogen (secondary N) is 1. The molecular formula is C17H17N7O2. The highest BCUT2D eigenvalue weighted by atomic mass is 16.5. The number of aromatic nitrogens is 6. The average Bonchev–Trinajstić information content (AvgIpc) is 3.29. The summed E-state index contributed by atoms with van der Waals surface area (Å²) < 4.78 is 8.48. The van der Waals surface area contributed by atoms with Crippen LogP contribution in [0.5, 0.6) is 0 Å². The maximum atomic E-state index is 11.7. The number of fused-ring (bicyclic) bond motifs is 2. The van der Waals surface area contributed by atoms with Crippen molar-refractivity contribution in [1.82, 2.24) is 29.1 Å².